The van der Waals surface area contributed by atoms with Crippen LogP contribution < -0.4 is 4.74 Å². The number of para-hydroxylation sites is 1. The van der Waals surface area contributed by atoms with Gasteiger partial charge in [0.05, 0.1) is 5.56 Å². The zero-order valence-electron chi connectivity index (χ0n) is 13.3. The Morgan fingerprint density at radius 1 is 0.875 bits per heavy atom. The van der Waals surface area contributed by atoms with Gasteiger partial charge < -0.3 is 4.74 Å². The number of carbonyl (C=O) groups is 1. The molecule has 0 aromatic heterocycles. The van der Waals surface area contributed by atoms with Gasteiger partial charge in [-0.15, -0.1) is 0 Å². The fraction of sp³-hybridized carbons (Fsp3) is 0.0455. The topological polar surface area (TPSA) is 26.3 Å². The summed E-state index contributed by atoms with van der Waals surface area (Å²) >= 11 is 0. The van der Waals surface area contributed by atoms with Crippen LogP contribution in [-0.4, -0.2) is 5.78 Å². The van der Waals surface area contributed by atoms with Crippen LogP contribution in [-0.2, 0) is 6.61 Å². The molecular formula is C22H18O2. The Kier molecular flexibility index (Phi) is 4.87. The molecule has 0 unspecified atom stereocenters. The standard InChI is InChI=1S/C22H18O2/c1-2-18-14-9-15-20(21(23)19-12-7-4-8-13-19)22(18)24-16-17-10-5-3-6-11-17/h2-15H,1,16H2. The highest BCUT2D eigenvalue weighted by Crippen LogP contribution is 2.28. The first-order valence-corrected chi connectivity index (χ1v) is 7.81. The molecule has 2 nitrogen and oxygen atoms in total. The smallest absolute Gasteiger partial charge is 0.196 e. The predicted octanol–water partition coefficient (Wildman–Crippen LogP) is 5.14. The van der Waals surface area contributed by atoms with E-state index in [2.05, 4.69) is 6.58 Å². The highest BCUT2D eigenvalue weighted by molar-refractivity contribution is 6.11. The molecule has 3 rings (SSSR count). The fourth-order valence-electron chi connectivity index (χ4n) is 2.53. The quantitative estimate of drug-likeness (QED) is 0.589. The molecule has 0 N–H and O–H groups in total. The maximum absolute atomic E-state index is 12.8. The minimum absolute atomic E-state index is 0.0534. The summed E-state index contributed by atoms with van der Waals surface area (Å²) in [7, 11) is 0. The van der Waals surface area contributed by atoms with Gasteiger partial charge in [-0.25, -0.2) is 0 Å². The number of ketones is 1. The minimum atomic E-state index is -0.0534. The van der Waals surface area contributed by atoms with Gasteiger partial charge in [-0.3, -0.25) is 4.79 Å². The van der Waals surface area contributed by atoms with Crippen LogP contribution in [0, 0.1) is 0 Å². The normalized spacial score (nSPS) is 10.2. The molecule has 118 valence electrons. The first-order valence-electron chi connectivity index (χ1n) is 7.81. The third-order valence-corrected chi connectivity index (χ3v) is 3.77. The molecule has 24 heavy (non-hydrogen) atoms. The van der Waals surface area contributed by atoms with E-state index in [0.717, 1.165) is 11.1 Å². The Labute approximate surface area is 142 Å². The van der Waals surface area contributed by atoms with Crippen LogP contribution in [0.4, 0.5) is 0 Å². The average molecular weight is 314 g/mol. The van der Waals surface area contributed by atoms with Gasteiger partial charge in [-0.05, 0) is 11.6 Å². The lowest BCUT2D eigenvalue weighted by atomic mass is 10.00. The van der Waals surface area contributed by atoms with Crippen LogP contribution in [0.2, 0.25) is 0 Å². The zero-order chi connectivity index (χ0) is 16.8. The average Bonchev–Trinajstić information content (AvgIpc) is 2.67. The summed E-state index contributed by atoms with van der Waals surface area (Å²) in [6, 6.07) is 24.7. The highest BCUT2D eigenvalue weighted by Gasteiger charge is 2.16. The summed E-state index contributed by atoms with van der Waals surface area (Å²) in [6.45, 7) is 4.23. The van der Waals surface area contributed by atoms with E-state index < -0.39 is 0 Å². The number of carbonyl (C=O) groups excluding carboxylic acids is 1. The Balaban J connectivity index is 1.95. The second kappa shape index (κ2) is 7.42. The van der Waals surface area contributed by atoms with Crippen LogP contribution in [0.25, 0.3) is 6.08 Å². The predicted molar refractivity (Wildman–Crippen MR) is 97.2 cm³/mol. The molecule has 0 amide bonds. The van der Waals surface area contributed by atoms with E-state index in [1.165, 1.54) is 0 Å². The molecule has 0 radical (unpaired) electrons. The molecule has 0 saturated carbocycles. The Hall–Kier alpha value is -3.13. The molecule has 0 aliphatic rings. The van der Waals surface area contributed by atoms with Crippen molar-refractivity contribution < 1.29 is 9.53 Å². The molecular weight excluding hydrogens is 296 g/mol. The lowest BCUT2D eigenvalue weighted by Crippen LogP contribution is -2.07. The van der Waals surface area contributed by atoms with Gasteiger partial charge in [-0.2, -0.15) is 0 Å². The molecule has 3 aromatic carbocycles. The monoisotopic (exact) mass is 314 g/mol. The lowest BCUT2D eigenvalue weighted by Gasteiger charge is -2.14. The molecule has 0 atom stereocenters. The fourth-order valence-corrected chi connectivity index (χ4v) is 2.53. The second-order valence-corrected chi connectivity index (χ2v) is 5.40. The third-order valence-electron chi connectivity index (χ3n) is 3.77. The van der Waals surface area contributed by atoms with Crippen LogP contribution in [0.5, 0.6) is 5.75 Å². The van der Waals surface area contributed by atoms with Crippen molar-refractivity contribution in [1.29, 1.82) is 0 Å². The van der Waals surface area contributed by atoms with Gasteiger partial charge in [0.25, 0.3) is 0 Å². The van der Waals surface area contributed by atoms with Gasteiger partial charge in [-0.1, -0.05) is 85.5 Å². The lowest BCUT2D eigenvalue weighted by molar-refractivity contribution is 0.103. The van der Waals surface area contributed by atoms with Gasteiger partial charge in [0, 0.05) is 11.1 Å². The maximum atomic E-state index is 12.8. The molecule has 0 heterocycles. The molecule has 0 fully saturated rings. The molecule has 0 spiro atoms. The SMILES string of the molecule is C=Cc1cccc(C(=O)c2ccccc2)c1OCc1ccccc1. The van der Waals surface area contributed by atoms with Crippen molar-refractivity contribution in [3.8, 4) is 5.75 Å². The molecule has 0 aliphatic heterocycles. The van der Waals surface area contributed by atoms with Crippen molar-refractivity contribution >= 4 is 11.9 Å². The summed E-state index contributed by atoms with van der Waals surface area (Å²) in [5.41, 5.74) is 3.06. The minimum Gasteiger partial charge on any atom is -0.488 e. The van der Waals surface area contributed by atoms with Gasteiger partial charge in [0.2, 0.25) is 0 Å². The second-order valence-electron chi connectivity index (χ2n) is 5.40. The summed E-state index contributed by atoms with van der Waals surface area (Å²) < 4.78 is 6.00. The van der Waals surface area contributed by atoms with E-state index in [4.69, 9.17) is 4.74 Å². The van der Waals surface area contributed by atoms with Crippen molar-refractivity contribution in [2.75, 3.05) is 0 Å². The molecule has 0 aliphatic carbocycles. The van der Waals surface area contributed by atoms with Gasteiger partial charge >= 0.3 is 0 Å². The molecule has 0 saturated heterocycles. The summed E-state index contributed by atoms with van der Waals surface area (Å²) in [5, 5.41) is 0. The maximum Gasteiger partial charge on any atom is 0.196 e. The van der Waals surface area contributed by atoms with E-state index >= 15 is 0 Å². The highest BCUT2D eigenvalue weighted by atomic mass is 16.5. The van der Waals surface area contributed by atoms with E-state index in [1.54, 1.807) is 12.1 Å². The van der Waals surface area contributed by atoms with Gasteiger partial charge in [0.15, 0.2) is 5.78 Å². The molecule has 2 heteroatoms. The first-order chi connectivity index (χ1) is 11.8. The number of benzene rings is 3. The van der Waals surface area contributed by atoms with Crippen LogP contribution in [0.1, 0.15) is 27.0 Å². The van der Waals surface area contributed by atoms with Crippen molar-refractivity contribution in [3.63, 3.8) is 0 Å². The number of hydrogen-bond acceptors (Lipinski definition) is 2. The zero-order valence-corrected chi connectivity index (χ0v) is 13.3. The van der Waals surface area contributed by atoms with Crippen molar-refractivity contribution in [3.05, 3.63) is 108 Å². The number of rotatable bonds is 6. The van der Waals surface area contributed by atoms with Crippen LogP contribution in [0.15, 0.2) is 85.4 Å². The van der Waals surface area contributed by atoms with E-state index in [9.17, 15) is 4.79 Å². The van der Waals surface area contributed by atoms with Gasteiger partial charge in [0.1, 0.15) is 12.4 Å². The Morgan fingerprint density at radius 3 is 2.21 bits per heavy atom. The van der Waals surface area contributed by atoms with Crippen molar-refractivity contribution in [1.82, 2.24) is 0 Å². The molecule has 0 bridgehead atoms. The largest absolute Gasteiger partial charge is 0.488 e. The summed E-state index contributed by atoms with van der Waals surface area (Å²) in [6.07, 6.45) is 1.71. The Morgan fingerprint density at radius 2 is 1.54 bits per heavy atom. The molecule has 3 aromatic rings. The van der Waals surface area contributed by atoms with E-state index in [0.29, 0.717) is 23.5 Å². The first kappa shape index (κ1) is 15.8. The van der Waals surface area contributed by atoms with Crippen LogP contribution in [0.3, 0.4) is 0 Å². The van der Waals surface area contributed by atoms with E-state index in [-0.39, 0.29) is 5.78 Å². The summed E-state index contributed by atoms with van der Waals surface area (Å²) in [4.78, 5) is 12.8. The van der Waals surface area contributed by atoms with Crippen molar-refractivity contribution in [2.24, 2.45) is 0 Å². The number of ether oxygens (including phenoxy) is 1. The third kappa shape index (κ3) is 3.44. The number of hydrogen-bond donors (Lipinski definition) is 0. The van der Waals surface area contributed by atoms with Crippen molar-refractivity contribution in [2.45, 2.75) is 6.61 Å². The van der Waals surface area contributed by atoms with E-state index in [1.807, 2.05) is 72.8 Å². The Bertz CT molecular complexity index is 836. The van der Waals surface area contributed by atoms with Crippen LogP contribution >= 0.6 is 0 Å². The summed E-state index contributed by atoms with van der Waals surface area (Å²) in [5.74, 6) is 0.521.